The predicted octanol–water partition coefficient (Wildman–Crippen LogP) is 20.0. The molecule has 0 saturated carbocycles. The van der Waals surface area contributed by atoms with Gasteiger partial charge in [-0.3, -0.25) is 0 Å². The van der Waals surface area contributed by atoms with Crippen LogP contribution in [0.25, 0.3) is 93.5 Å². The third kappa shape index (κ3) is 6.68. The second-order valence-corrected chi connectivity index (χ2v) is 21.5. The third-order valence-electron chi connectivity index (χ3n) is 16.7. The highest BCUT2D eigenvalue weighted by Crippen LogP contribution is 2.55. The van der Waals surface area contributed by atoms with E-state index in [0.29, 0.717) is 0 Å². The Kier molecular flexibility index (Phi) is 9.79. The van der Waals surface area contributed by atoms with Crippen molar-refractivity contribution < 1.29 is 0 Å². The van der Waals surface area contributed by atoms with Gasteiger partial charge in [0.1, 0.15) is 0 Å². The smallest absolute Gasteiger partial charge is 0.0468 e. The zero-order valence-corrected chi connectivity index (χ0v) is 41.9. The number of nitrogens with zero attached hydrogens (tertiary/aromatic N) is 1. The number of anilines is 3. The first kappa shape index (κ1) is 43.3. The maximum atomic E-state index is 2.54. The topological polar surface area (TPSA) is 3.24 Å². The zero-order chi connectivity index (χ0) is 49.0. The lowest BCUT2D eigenvalue weighted by Gasteiger charge is -2.30. The Labute approximate surface area is 429 Å². The number of hydrogen-bond acceptors (Lipinski definition) is 1. The van der Waals surface area contributed by atoms with Gasteiger partial charge in [0.25, 0.3) is 0 Å². The van der Waals surface area contributed by atoms with Gasteiger partial charge in [-0.05, 0) is 177 Å². The van der Waals surface area contributed by atoms with Crippen LogP contribution in [-0.4, -0.2) is 0 Å². The van der Waals surface area contributed by atoms with Gasteiger partial charge in [0.15, 0.2) is 0 Å². The highest BCUT2D eigenvalue weighted by molar-refractivity contribution is 6.33. The highest BCUT2D eigenvalue weighted by atomic mass is 15.1. The Balaban J connectivity index is 1.06. The van der Waals surface area contributed by atoms with Gasteiger partial charge in [-0.2, -0.15) is 0 Å². The van der Waals surface area contributed by atoms with Gasteiger partial charge in [0.2, 0.25) is 0 Å². The molecule has 0 atom stereocenters. The SMILES string of the molecule is CC1(C)C2=C(CCC=C2)c2ccc(N(c3ccc4c(c3)C(C)(C)c3ccccc3-4)c3ccc4c(c3)c3ccccc3c3c(-c5ccc(-c6ccccc6)cc5)cc(-c5ccccc5)c(-c5ccccc5)c43)cc21. The van der Waals surface area contributed by atoms with E-state index in [-0.39, 0.29) is 10.8 Å². The maximum Gasteiger partial charge on any atom is 0.0468 e. The lowest BCUT2D eigenvalue weighted by atomic mass is 9.80. The van der Waals surface area contributed by atoms with E-state index in [2.05, 4.69) is 269 Å². The van der Waals surface area contributed by atoms with Crippen LogP contribution in [0, 0.1) is 0 Å². The van der Waals surface area contributed by atoms with Crippen molar-refractivity contribution in [3.05, 3.63) is 264 Å². The van der Waals surface area contributed by atoms with Crippen molar-refractivity contribution in [1.29, 1.82) is 0 Å². The maximum absolute atomic E-state index is 2.54. The van der Waals surface area contributed by atoms with Gasteiger partial charge in [0.05, 0.1) is 0 Å². The first-order valence-electron chi connectivity index (χ1n) is 26.1. The first-order valence-corrected chi connectivity index (χ1v) is 26.1. The first-order chi connectivity index (χ1) is 35.7. The minimum absolute atomic E-state index is 0.104. The van der Waals surface area contributed by atoms with Gasteiger partial charge in [0, 0.05) is 27.9 Å². The Morgan fingerprint density at radius 3 is 1.59 bits per heavy atom. The minimum atomic E-state index is -0.148. The quantitative estimate of drug-likeness (QED) is 0.144. The normalized spacial score (nSPS) is 14.8. The molecule has 11 aromatic rings. The van der Waals surface area contributed by atoms with Crippen molar-refractivity contribution in [2.75, 3.05) is 4.90 Å². The second kappa shape index (κ2) is 16.5. The molecule has 0 bridgehead atoms. The molecular formula is C72H55N. The van der Waals surface area contributed by atoms with E-state index < -0.39 is 0 Å². The number of hydrogen-bond donors (Lipinski definition) is 0. The monoisotopic (exact) mass is 933 g/mol. The number of benzene rings is 11. The fraction of sp³-hybridized carbons (Fsp3) is 0.111. The summed E-state index contributed by atoms with van der Waals surface area (Å²) >= 11 is 0. The van der Waals surface area contributed by atoms with Crippen molar-refractivity contribution in [2.24, 2.45) is 0 Å². The van der Waals surface area contributed by atoms with E-state index in [1.807, 2.05) is 0 Å². The number of fused-ring (bicyclic) bond motifs is 11. The summed E-state index contributed by atoms with van der Waals surface area (Å²) in [7, 11) is 0. The third-order valence-corrected chi connectivity index (χ3v) is 16.7. The summed E-state index contributed by atoms with van der Waals surface area (Å²) in [5.41, 5.74) is 24.1. The Bertz CT molecular complexity index is 4100. The van der Waals surface area contributed by atoms with Crippen molar-refractivity contribution in [2.45, 2.75) is 51.4 Å². The largest absolute Gasteiger partial charge is 0.310 e. The van der Waals surface area contributed by atoms with Crippen LogP contribution in [0.5, 0.6) is 0 Å². The summed E-state index contributed by atoms with van der Waals surface area (Å²) in [6.07, 6.45) is 6.95. The second-order valence-electron chi connectivity index (χ2n) is 21.5. The molecule has 14 rings (SSSR count). The Hall–Kier alpha value is -8.52. The molecule has 0 fully saturated rings. The van der Waals surface area contributed by atoms with Gasteiger partial charge >= 0.3 is 0 Å². The fourth-order valence-electron chi connectivity index (χ4n) is 13.1. The number of rotatable bonds is 7. The molecule has 0 unspecified atom stereocenters. The van der Waals surface area contributed by atoms with E-state index in [1.165, 1.54) is 127 Å². The lowest BCUT2D eigenvalue weighted by molar-refractivity contribution is 0.651. The van der Waals surface area contributed by atoms with Gasteiger partial charge in [-0.25, -0.2) is 0 Å². The molecular weight excluding hydrogens is 879 g/mol. The molecule has 0 saturated heterocycles. The van der Waals surface area contributed by atoms with Gasteiger partial charge in [-0.1, -0.05) is 222 Å². The highest BCUT2D eigenvalue weighted by Gasteiger charge is 2.39. The standard InChI is InChI=1S/C72H55N/c1-71(2)64-30-18-16-27-55(64)57-39-36-52(43-66(57)71)73(53-37-40-58-56-28-17-19-31-65(56)72(3,4)67(58)44-53)51-38-41-60-63(42-51)54-26-14-15-29-59(54)69-62(49-34-32-47(33-35-49)46-20-8-5-9-21-46)45-61(48-22-10-6-11-23-48)68(70(60)69)50-24-12-7-13-25-50/h5-16,18-27,29-45H,17,28H2,1-4H3. The lowest BCUT2D eigenvalue weighted by Crippen LogP contribution is -2.18. The molecule has 0 aliphatic heterocycles. The van der Waals surface area contributed by atoms with Crippen LogP contribution >= 0.6 is 0 Å². The summed E-state index contributed by atoms with van der Waals surface area (Å²) < 4.78 is 0. The average molecular weight is 934 g/mol. The van der Waals surface area contributed by atoms with E-state index in [1.54, 1.807) is 0 Å². The van der Waals surface area contributed by atoms with E-state index in [0.717, 1.165) is 24.2 Å². The molecule has 3 aliphatic rings. The molecule has 0 heterocycles. The van der Waals surface area contributed by atoms with Crippen LogP contribution in [0.15, 0.2) is 242 Å². The molecule has 1 nitrogen and oxygen atoms in total. The van der Waals surface area contributed by atoms with E-state index in [9.17, 15) is 0 Å². The molecule has 73 heavy (non-hydrogen) atoms. The van der Waals surface area contributed by atoms with Crippen molar-refractivity contribution in [3.8, 4) is 55.6 Å². The van der Waals surface area contributed by atoms with Crippen LogP contribution in [0.1, 0.15) is 62.8 Å². The summed E-state index contributed by atoms with van der Waals surface area (Å²) in [4.78, 5) is 2.54. The molecule has 11 aromatic carbocycles. The Morgan fingerprint density at radius 2 is 0.863 bits per heavy atom. The molecule has 0 amide bonds. The van der Waals surface area contributed by atoms with Gasteiger partial charge in [-0.15, -0.1) is 0 Å². The van der Waals surface area contributed by atoms with Crippen molar-refractivity contribution >= 4 is 55.0 Å². The summed E-state index contributed by atoms with van der Waals surface area (Å²) in [6, 6.07) is 84.4. The molecule has 0 N–H and O–H groups in total. The molecule has 0 radical (unpaired) electrons. The van der Waals surface area contributed by atoms with Gasteiger partial charge < -0.3 is 4.90 Å². The molecule has 3 aliphatic carbocycles. The molecule has 1 heteroatoms. The Morgan fingerprint density at radius 1 is 0.342 bits per heavy atom. The van der Waals surface area contributed by atoms with Crippen LogP contribution < -0.4 is 4.90 Å². The van der Waals surface area contributed by atoms with E-state index >= 15 is 0 Å². The minimum Gasteiger partial charge on any atom is -0.310 e. The van der Waals surface area contributed by atoms with Crippen molar-refractivity contribution in [3.63, 3.8) is 0 Å². The fourth-order valence-corrected chi connectivity index (χ4v) is 13.1. The van der Waals surface area contributed by atoms with Crippen molar-refractivity contribution in [1.82, 2.24) is 0 Å². The molecule has 0 spiro atoms. The zero-order valence-electron chi connectivity index (χ0n) is 41.9. The summed E-state index contributed by atoms with van der Waals surface area (Å²) in [6.45, 7) is 9.61. The van der Waals surface area contributed by atoms with Crippen LogP contribution in [0.4, 0.5) is 17.1 Å². The van der Waals surface area contributed by atoms with E-state index in [4.69, 9.17) is 0 Å². The van der Waals surface area contributed by atoms with Crippen LogP contribution in [0.2, 0.25) is 0 Å². The van der Waals surface area contributed by atoms with Crippen LogP contribution in [-0.2, 0) is 10.8 Å². The van der Waals surface area contributed by atoms with Crippen LogP contribution in [0.3, 0.4) is 0 Å². The molecule has 0 aromatic heterocycles. The number of allylic oxidation sites excluding steroid dienone is 4. The summed E-state index contributed by atoms with van der Waals surface area (Å²) in [5.74, 6) is 0. The average Bonchev–Trinajstić information content (AvgIpc) is 3.82. The summed E-state index contributed by atoms with van der Waals surface area (Å²) in [5, 5.41) is 7.49. The molecule has 348 valence electrons. The predicted molar refractivity (Wildman–Crippen MR) is 311 cm³/mol.